The van der Waals surface area contributed by atoms with Crippen LogP contribution in [0, 0.1) is 5.92 Å². The van der Waals surface area contributed by atoms with Crippen LogP contribution in [0.2, 0.25) is 0 Å². The van der Waals surface area contributed by atoms with Crippen LogP contribution in [0.4, 0.5) is 0 Å². The summed E-state index contributed by atoms with van der Waals surface area (Å²) in [6.45, 7) is 3.05. The summed E-state index contributed by atoms with van der Waals surface area (Å²) in [6, 6.07) is 6.33. The van der Waals surface area contributed by atoms with Crippen LogP contribution >= 0.6 is 12.4 Å². The van der Waals surface area contributed by atoms with Crippen LogP contribution in [0.1, 0.15) is 30.0 Å². The highest BCUT2D eigenvalue weighted by Gasteiger charge is 2.18. The van der Waals surface area contributed by atoms with Gasteiger partial charge in [-0.2, -0.15) is 0 Å². The van der Waals surface area contributed by atoms with Gasteiger partial charge in [-0.1, -0.05) is 18.2 Å². The number of nitrogens with two attached hydrogens (primary N) is 1. The van der Waals surface area contributed by atoms with Crippen molar-refractivity contribution in [3.63, 3.8) is 0 Å². The Morgan fingerprint density at radius 2 is 2.21 bits per heavy atom. The highest BCUT2D eigenvalue weighted by Crippen LogP contribution is 2.26. The van der Waals surface area contributed by atoms with Gasteiger partial charge in [-0.15, -0.1) is 12.4 Å². The van der Waals surface area contributed by atoms with E-state index < -0.39 is 0 Å². The van der Waals surface area contributed by atoms with Crippen molar-refractivity contribution in [1.82, 2.24) is 0 Å². The SMILES string of the molecule is CCOC(=O)Cc1ccc2c(c1)CCC(CN)C2.Cl. The van der Waals surface area contributed by atoms with Crippen LogP contribution in [-0.4, -0.2) is 19.1 Å². The van der Waals surface area contributed by atoms with Crippen LogP contribution in [0.5, 0.6) is 0 Å². The van der Waals surface area contributed by atoms with Gasteiger partial charge in [-0.25, -0.2) is 0 Å². The van der Waals surface area contributed by atoms with Gasteiger partial charge in [0.25, 0.3) is 0 Å². The molecule has 0 bridgehead atoms. The van der Waals surface area contributed by atoms with Gasteiger partial charge in [0.1, 0.15) is 0 Å². The zero-order valence-electron chi connectivity index (χ0n) is 11.4. The second kappa shape index (κ2) is 7.51. The van der Waals surface area contributed by atoms with Crippen molar-refractivity contribution in [2.24, 2.45) is 11.7 Å². The molecule has 2 rings (SSSR count). The number of fused-ring (bicyclic) bond motifs is 1. The van der Waals surface area contributed by atoms with Crippen LogP contribution < -0.4 is 5.73 Å². The summed E-state index contributed by atoms with van der Waals surface area (Å²) in [5.41, 5.74) is 9.55. The molecule has 3 nitrogen and oxygen atoms in total. The van der Waals surface area contributed by atoms with Crippen molar-refractivity contribution in [3.05, 3.63) is 34.9 Å². The van der Waals surface area contributed by atoms with E-state index >= 15 is 0 Å². The fraction of sp³-hybridized carbons (Fsp3) is 0.533. The number of halogens is 1. The molecule has 0 aliphatic heterocycles. The molecule has 19 heavy (non-hydrogen) atoms. The van der Waals surface area contributed by atoms with Gasteiger partial charge in [-0.3, -0.25) is 4.79 Å². The molecule has 1 aliphatic rings. The Morgan fingerprint density at radius 3 is 2.89 bits per heavy atom. The monoisotopic (exact) mass is 283 g/mol. The van der Waals surface area contributed by atoms with E-state index in [4.69, 9.17) is 10.5 Å². The maximum absolute atomic E-state index is 11.4. The van der Waals surface area contributed by atoms with Gasteiger partial charge in [0.05, 0.1) is 13.0 Å². The lowest BCUT2D eigenvalue weighted by molar-refractivity contribution is -0.142. The van der Waals surface area contributed by atoms with Crippen molar-refractivity contribution in [3.8, 4) is 0 Å². The molecule has 1 unspecified atom stereocenters. The van der Waals surface area contributed by atoms with Gasteiger partial charge in [0.2, 0.25) is 0 Å². The zero-order chi connectivity index (χ0) is 13.0. The Hall–Kier alpha value is -1.06. The summed E-state index contributed by atoms with van der Waals surface area (Å²) in [6.07, 6.45) is 3.69. The van der Waals surface area contributed by atoms with E-state index in [0.29, 0.717) is 18.9 Å². The smallest absolute Gasteiger partial charge is 0.310 e. The van der Waals surface area contributed by atoms with E-state index in [0.717, 1.165) is 31.4 Å². The lowest BCUT2D eigenvalue weighted by atomic mass is 9.83. The molecular formula is C15H22ClNO2. The minimum Gasteiger partial charge on any atom is -0.466 e. The molecule has 0 saturated carbocycles. The number of carbonyl (C=O) groups excluding carboxylic acids is 1. The van der Waals surface area contributed by atoms with Crippen LogP contribution in [0.3, 0.4) is 0 Å². The maximum Gasteiger partial charge on any atom is 0.310 e. The molecular weight excluding hydrogens is 262 g/mol. The van der Waals surface area contributed by atoms with E-state index in [9.17, 15) is 4.79 Å². The molecule has 0 aromatic heterocycles. The van der Waals surface area contributed by atoms with E-state index in [1.165, 1.54) is 11.1 Å². The predicted molar refractivity (Wildman–Crippen MR) is 78.6 cm³/mol. The molecule has 0 saturated heterocycles. The first-order valence-corrected chi connectivity index (χ1v) is 6.69. The van der Waals surface area contributed by atoms with Crippen molar-refractivity contribution in [2.75, 3.05) is 13.2 Å². The number of ether oxygens (including phenoxy) is 1. The van der Waals surface area contributed by atoms with Gasteiger partial charge in [0, 0.05) is 0 Å². The van der Waals surface area contributed by atoms with Crippen molar-refractivity contribution in [2.45, 2.75) is 32.6 Å². The average Bonchev–Trinajstić information content (AvgIpc) is 2.38. The molecule has 106 valence electrons. The molecule has 1 atom stereocenters. The quantitative estimate of drug-likeness (QED) is 0.863. The third-order valence-electron chi connectivity index (χ3n) is 3.59. The Balaban J connectivity index is 0.00000180. The minimum absolute atomic E-state index is 0. The number of esters is 1. The van der Waals surface area contributed by atoms with Gasteiger partial charge < -0.3 is 10.5 Å². The summed E-state index contributed by atoms with van der Waals surface area (Å²) in [7, 11) is 0. The predicted octanol–water partition coefficient (Wildman–Crippen LogP) is 2.28. The summed E-state index contributed by atoms with van der Waals surface area (Å²) < 4.78 is 4.97. The highest BCUT2D eigenvalue weighted by atomic mass is 35.5. The molecule has 1 aliphatic carbocycles. The number of benzene rings is 1. The fourth-order valence-electron chi connectivity index (χ4n) is 2.57. The van der Waals surface area contributed by atoms with E-state index in [1.807, 2.05) is 13.0 Å². The first-order chi connectivity index (χ1) is 8.72. The second-order valence-corrected chi connectivity index (χ2v) is 4.93. The molecule has 0 radical (unpaired) electrons. The Kier molecular flexibility index (Phi) is 6.32. The van der Waals surface area contributed by atoms with Gasteiger partial charge in [0.15, 0.2) is 0 Å². The molecule has 1 aromatic carbocycles. The molecule has 0 fully saturated rings. The topological polar surface area (TPSA) is 52.3 Å². The molecule has 2 N–H and O–H groups in total. The Morgan fingerprint density at radius 1 is 1.42 bits per heavy atom. The summed E-state index contributed by atoms with van der Waals surface area (Å²) in [5.74, 6) is 0.474. The van der Waals surface area contributed by atoms with Crippen LogP contribution in [-0.2, 0) is 28.8 Å². The normalized spacial score (nSPS) is 17.3. The number of hydrogen-bond donors (Lipinski definition) is 1. The first kappa shape index (κ1) is 16.0. The first-order valence-electron chi connectivity index (χ1n) is 6.69. The summed E-state index contributed by atoms with van der Waals surface area (Å²) in [5, 5.41) is 0. The fourth-order valence-corrected chi connectivity index (χ4v) is 2.57. The van der Waals surface area contributed by atoms with E-state index in [2.05, 4.69) is 12.1 Å². The second-order valence-electron chi connectivity index (χ2n) is 4.93. The third-order valence-corrected chi connectivity index (χ3v) is 3.59. The number of carbonyl (C=O) groups is 1. The molecule has 4 heteroatoms. The van der Waals surface area contributed by atoms with E-state index in [1.54, 1.807) is 0 Å². The summed E-state index contributed by atoms with van der Waals surface area (Å²) >= 11 is 0. The molecule has 1 aromatic rings. The van der Waals surface area contributed by atoms with Crippen LogP contribution in [0.25, 0.3) is 0 Å². The lowest BCUT2D eigenvalue weighted by Crippen LogP contribution is -2.22. The number of aryl methyl sites for hydroxylation is 1. The Labute approximate surface area is 120 Å². The summed E-state index contributed by atoms with van der Waals surface area (Å²) in [4.78, 5) is 11.4. The average molecular weight is 284 g/mol. The van der Waals surface area contributed by atoms with E-state index in [-0.39, 0.29) is 18.4 Å². The maximum atomic E-state index is 11.4. The molecule has 0 heterocycles. The molecule has 0 spiro atoms. The standard InChI is InChI=1S/C15H21NO2.ClH/c1-2-18-15(17)9-11-3-5-14-8-12(10-16)4-6-13(14)7-11;/h3,5,7,12H,2,4,6,8-10,16H2,1H3;1H. The van der Waals surface area contributed by atoms with Gasteiger partial charge in [-0.05, 0) is 55.3 Å². The number of rotatable bonds is 4. The minimum atomic E-state index is -0.145. The highest BCUT2D eigenvalue weighted by molar-refractivity contribution is 5.85. The molecule has 0 amide bonds. The zero-order valence-corrected chi connectivity index (χ0v) is 12.2. The van der Waals surface area contributed by atoms with Gasteiger partial charge >= 0.3 is 5.97 Å². The number of hydrogen-bond acceptors (Lipinski definition) is 3. The largest absolute Gasteiger partial charge is 0.466 e. The third kappa shape index (κ3) is 4.22. The van der Waals surface area contributed by atoms with Crippen molar-refractivity contribution in [1.29, 1.82) is 0 Å². The van der Waals surface area contributed by atoms with Crippen LogP contribution in [0.15, 0.2) is 18.2 Å². The lowest BCUT2D eigenvalue weighted by Gasteiger charge is -2.23. The van der Waals surface area contributed by atoms with Crippen molar-refractivity contribution >= 4 is 18.4 Å². The Bertz CT molecular complexity index is 434. The van der Waals surface area contributed by atoms with Crippen molar-refractivity contribution < 1.29 is 9.53 Å².